The molecule has 0 spiro atoms. The van der Waals surface area contributed by atoms with Crippen LogP contribution in [0.4, 0.5) is 0 Å². The van der Waals surface area contributed by atoms with E-state index in [0.29, 0.717) is 40.5 Å². The molecule has 0 bridgehead atoms. The number of fused-ring (bicyclic) bond motifs is 1. The number of nitrogens with zero attached hydrogens (tertiary/aromatic N) is 2. The molecule has 3 rings (SSSR count). The minimum atomic E-state index is -0.443. The average Bonchev–Trinajstić information content (AvgIpc) is 2.62. The summed E-state index contributed by atoms with van der Waals surface area (Å²) in [4.78, 5) is 29.0. The zero-order valence-corrected chi connectivity index (χ0v) is 15.4. The van der Waals surface area contributed by atoms with Gasteiger partial charge in [-0.1, -0.05) is 26.0 Å². The summed E-state index contributed by atoms with van der Waals surface area (Å²) in [6, 6.07) is 12.6. The van der Waals surface area contributed by atoms with E-state index >= 15 is 0 Å². The van der Waals surface area contributed by atoms with Crippen LogP contribution in [0.25, 0.3) is 11.0 Å². The van der Waals surface area contributed by atoms with Crippen molar-refractivity contribution in [1.82, 2.24) is 9.55 Å². The summed E-state index contributed by atoms with van der Waals surface area (Å²) < 4.78 is 7.17. The van der Waals surface area contributed by atoms with E-state index in [9.17, 15) is 9.59 Å². The van der Waals surface area contributed by atoms with Gasteiger partial charge in [0, 0.05) is 6.54 Å². The number of hydrogen-bond donors (Lipinski definition) is 0. The van der Waals surface area contributed by atoms with Crippen LogP contribution < -0.4 is 10.3 Å². The molecule has 0 atom stereocenters. The van der Waals surface area contributed by atoms with Gasteiger partial charge in [0.1, 0.15) is 11.4 Å². The molecule has 0 amide bonds. The first-order valence-electron chi connectivity index (χ1n) is 8.74. The van der Waals surface area contributed by atoms with Gasteiger partial charge >= 0.3 is 5.97 Å². The molecule has 0 radical (unpaired) electrons. The lowest BCUT2D eigenvalue weighted by Crippen LogP contribution is -2.23. The van der Waals surface area contributed by atoms with Crippen molar-refractivity contribution >= 4 is 17.0 Å². The highest BCUT2D eigenvalue weighted by atomic mass is 16.5. The van der Waals surface area contributed by atoms with E-state index in [1.54, 1.807) is 35.8 Å². The molecular formula is C21H22N2O3. The molecule has 1 heterocycles. The number of carbonyl (C=O) groups is 1. The highest BCUT2D eigenvalue weighted by Gasteiger charge is 2.13. The molecule has 0 N–H and O–H groups in total. The first-order chi connectivity index (χ1) is 12.4. The molecule has 0 saturated carbocycles. The lowest BCUT2D eigenvalue weighted by atomic mass is 10.0. The molecule has 0 aliphatic rings. The molecule has 0 unspecified atom stereocenters. The van der Waals surface area contributed by atoms with Crippen molar-refractivity contribution in [3.8, 4) is 5.75 Å². The topological polar surface area (TPSA) is 61.2 Å². The molecule has 2 aromatic carbocycles. The lowest BCUT2D eigenvalue weighted by molar-refractivity contribution is 0.0734. The van der Waals surface area contributed by atoms with Crippen molar-refractivity contribution in [3.63, 3.8) is 0 Å². The van der Waals surface area contributed by atoms with Crippen molar-refractivity contribution in [3.05, 3.63) is 69.6 Å². The normalized spacial score (nSPS) is 11.1. The predicted molar refractivity (Wildman–Crippen MR) is 102 cm³/mol. The zero-order chi connectivity index (χ0) is 18.8. The molecule has 3 aromatic rings. The van der Waals surface area contributed by atoms with Gasteiger partial charge in [-0.15, -0.1) is 0 Å². The van der Waals surface area contributed by atoms with Crippen LogP contribution in [0.5, 0.6) is 5.75 Å². The van der Waals surface area contributed by atoms with Gasteiger partial charge < -0.3 is 9.30 Å². The summed E-state index contributed by atoms with van der Waals surface area (Å²) >= 11 is 0. The summed E-state index contributed by atoms with van der Waals surface area (Å²) in [5, 5.41) is 0. The summed E-state index contributed by atoms with van der Waals surface area (Å²) in [5.41, 5.74) is 3.13. The standard InChI is InChI=1S/C21H22N2O3/c1-5-23-19-10-9-16(12-18(19)22-14(4)20(23)24)21(25)26-17-8-6-7-15(11-17)13(2)3/h6-13H,5H2,1-4H3. The fourth-order valence-electron chi connectivity index (χ4n) is 2.92. The minimum Gasteiger partial charge on any atom is -0.423 e. The minimum absolute atomic E-state index is 0.110. The van der Waals surface area contributed by atoms with E-state index in [1.165, 1.54) is 0 Å². The second-order valence-electron chi connectivity index (χ2n) is 6.57. The fraction of sp³-hybridized carbons (Fsp3) is 0.286. The monoisotopic (exact) mass is 350 g/mol. The Balaban J connectivity index is 1.95. The first kappa shape index (κ1) is 17.9. The third-order valence-electron chi connectivity index (χ3n) is 4.40. The Kier molecular flexibility index (Phi) is 4.89. The molecule has 0 aliphatic heterocycles. The average molecular weight is 350 g/mol. The van der Waals surface area contributed by atoms with Crippen LogP contribution in [-0.4, -0.2) is 15.5 Å². The number of aromatic nitrogens is 2. The molecular weight excluding hydrogens is 328 g/mol. The molecule has 0 saturated heterocycles. The van der Waals surface area contributed by atoms with E-state index < -0.39 is 5.97 Å². The quantitative estimate of drug-likeness (QED) is 0.526. The number of benzene rings is 2. The Morgan fingerprint density at radius 3 is 2.65 bits per heavy atom. The molecule has 0 aliphatic carbocycles. The maximum atomic E-state index is 12.5. The second-order valence-corrected chi connectivity index (χ2v) is 6.57. The van der Waals surface area contributed by atoms with Gasteiger partial charge in [-0.05, 0) is 55.7 Å². The van der Waals surface area contributed by atoms with Crippen LogP contribution in [0, 0.1) is 6.92 Å². The summed E-state index contributed by atoms with van der Waals surface area (Å²) in [5.74, 6) is 0.428. The van der Waals surface area contributed by atoms with Crippen molar-refractivity contribution in [1.29, 1.82) is 0 Å². The highest BCUT2D eigenvalue weighted by Crippen LogP contribution is 2.21. The Morgan fingerprint density at radius 1 is 1.19 bits per heavy atom. The molecule has 5 heteroatoms. The second kappa shape index (κ2) is 7.12. The van der Waals surface area contributed by atoms with E-state index in [4.69, 9.17) is 4.74 Å². The summed E-state index contributed by atoms with van der Waals surface area (Å²) in [6.45, 7) is 8.31. The Bertz CT molecular complexity index is 1040. The van der Waals surface area contributed by atoms with Crippen LogP contribution in [0.15, 0.2) is 47.3 Å². The largest absolute Gasteiger partial charge is 0.423 e. The number of ether oxygens (including phenoxy) is 1. The summed E-state index contributed by atoms with van der Waals surface area (Å²) in [6.07, 6.45) is 0. The predicted octanol–water partition coefficient (Wildman–Crippen LogP) is 4.07. The van der Waals surface area contributed by atoms with Crippen molar-refractivity contribution in [2.45, 2.75) is 40.2 Å². The third kappa shape index (κ3) is 3.38. The lowest BCUT2D eigenvalue weighted by Gasteiger charge is -2.11. The number of carbonyl (C=O) groups excluding carboxylic acids is 1. The van der Waals surface area contributed by atoms with Crippen LogP contribution >= 0.6 is 0 Å². The SMILES string of the molecule is CCn1c(=O)c(C)nc2cc(C(=O)Oc3cccc(C(C)C)c3)ccc21. The molecule has 5 nitrogen and oxygen atoms in total. The van der Waals surface area contributed by atoms with Crippen LogP contribution in [0.1, 0.15) is 48.3 Å². The highest BCUT2D eigenvalue weighted by molar-refractivity contribution is 5.94. The van der Waals surface area contributed by atoms with Gasteiger partial charge in [0.05, 0.1) is 16.6 Å². The van der Waals surface area contributed by atoms with Crippen molar-refractivity contribution in [2.24, 2.45) is 0 Å². The molecule has 26 heavy (non-hydrogen) atoms. The zero-order valence-electron chi connectivity index (χ0n) is 15.4. The van der Waals surface area contributed by atoms with E-state index in [2.05, 4.69) is 18.8 Å². The third-order valence-corrected chi connectivity index (χ3v) is 4.40. The van der Waals surface area contributed by atoms with E-state index in [1.807, 2.05) is 25.1 Å². The van der Waals surface area contributed by atoms with Crippen LogP contribution in [0.2, 0.25) is 0 Å². The van der Waals surface area contributed by atoms with Crippen molar-refractivity contribution < 1.29 is 9.53 Å². The van der Waals surface area contributed by atoms with Crippen LogP contribution in [0.3, 0.4) is 0 Å². The van der Waals surface area contributed by atoms with Gasteiger partial charge in [0.25, 0.3) is 5.56 Å². The van der Waals surface area contributed by atoms with Gasteiger partial charge in [-0.25, -0.2) is 9.78 Å². The van der Waals surface area contributed by atoms with Crippen LogP contribution in [-0.2, 0) is 6.54 Å². The number of aryl methyl sites for hydroxylation is 2. The first-order valence-corrected chi connectivity index (χ1v) is 8.74. The van der Waals surface area contributed by atoms with Gasteiger partial charge in [0.15, 0.2) is 0 Å². The number of hydrogen-bond acceptors (Lipinski definition) is 4. The molecule has 134 valence electrons. The fourth-order valence-corrected chi connectivity index (χ4v) is 2.92. The summed E-state index contributed by atoms with van der Waals surface area (Å²) in [7, 11) is 0. The van der Waals surface area contributed by atoms with Gasteiger partial charge in [0.2, 0.25) is 0 Å². The molecule has 0 fully saturated rings. The maximum absolute atomic E-state index is 12.5. The Labute approximate surface area is 152 Å². The van der Waals surface area contributed by atoms with Gasteiger partial charge in [-0.3, -0.25) is 4.79 Å². The molecule has 1 aromatic heterocycles. The smallest absolute Gasteiger partial charge is 0.343 e. The van der Waals surface area contributed by atoms with E-state index in [0.717, 1.165) is 5.56 Å². The number of esters is 1. The van der Waals surface area contributed by atoms with E-state index in [-0.39, 0.29) is 5.56 Å². The Morgan fingerprint density at radius 2 is 1.96 bits per heavy atom. The van der Waals surface area contributed by atoms with Gasteiger partial charge in [-0.2, -0.15) is 0 Å². The number of rotatable bonds is 4. The van der Waals surface area contributed by atoms with Crippen molar-refractivity contribution in [2.75, 3.05) is 0 Å². The Hall–Kier alpha value is -2.95. The maximum Gasteiger partial charge on any atom is 0.343 e.